The van der Waals surface area contributed by atoms with Gasteiger partial charge in [-0.15, -0.1) is 0 Å². The van der Waals surface area contributed by atoms with Crippen LogP contribution in [-0.4, -0.2) is 27.4 Å². The van der Waals surface area contributed by atoms with Crippen LogP contribution in [0, 0.1) is 15.5 Å². The van der Waals surface area contributed by atoms with E-state index in [2.05, 4.69) is 26.0 Å². The van der Waals surface area contributed by atoms with Crippen molar-refractivity contribution < 1.29 is 9.66 Å². The number of hydrogen-bond donors (Lipinski definition) is 0. The number of ether oxygens (including phenoxy) is 1. The Hall–Kier alpha value is -3.07. The van der Waals surface area contributed by atoms with Crippen LogP contribution in [0.15, 0.2) is 50.8 Å². The van der Waals surface area contributed by atoms with Crippen LogP contribution in [0.2, 0.25) is 0 Å². The maximum absolute atomic E-state index is 13.2. The Morgan fingerprint density at radius 2 is 2.00 bits per heavy atom. The van der Waals surface area contributed by atoms with Crippen molar-refractivity contribution in [3.8, 4) is 5.75 Å². The predicted octanol–water partition coefficient (Wildman–Crippen LogP) is 5.89. The minimum absolute atomic E-state index is 0.00888. The van der Waals surface area contributed by atoms with Gasteiger partial charge in [-0.3, -0.25) is 14.9 Å². The van der Waals surface area contributed by atoms with Crippen LogP contribution in [0.3, 0.4) is 0 Å². The maximum atomic E-state index is 13.2. The van der Waals surface area contributed by atoms with Gasteiger partial charge >= 0.3 is 5.69 Å². The first-order valence-corrected chi connectivity index (χ1v) is 11.5. The van der Waals surface area contributed by atoms with Gasteiger partial charge in [0.25, 0.3) is 5.56 Å². The van der Waals surface area contributed by atoms with Crippen LogP contribution in [0.1, 0.15) is 58.3 Å². The standard InChI is InChI=1S/C24H27BrN4O4/c1-6-15(2)22-27-19-9-8-17(25)12-18(19)23(30)28(22)26-13-16-7-10-21(20(11-16)29(31)32)33-14-24(3,4)5/h7-13,15H,6,14H2,1-5H3/t15-/m0/s1. The summed E-state index contributed by atoms with van der Waals surface area (Å²) in [6.07, 6.45) is 2.20. The lowest BCUT2D eigenvalue weighted by Gasteiger charge is -2.18. The van der Waals surface area contributed by atoms with Gasteiger partial charge in [-0.25, -0.2) is 4.98 Å². The van der Waals surface area contributed by atoms with Crippen LogP contribution < -0.4 is 10.3 Å². The first-order chi connectivity index (χ1) is 15.5. The van der Waals surface area contributed by atoms with E-state index in [9.17, 15) is 14.9 Å². The topological polar surface area (TPSA) is 99.6 Å². The van der Waals surface area contributed by atoms with E-state index in [4.69, 9.17) is 4.74 Å². The molecular formula is C24H27BrN4O4. The zero-order valence-corrected chi connectivity index (χ0v) is 20.9. The van der Waals surface area contributed by atoms with Crippen molar-refractivity contribution in [2.75, 3.05) is 6.61 Å². The number of nitrogens with zero attached hydrogens (tertiary/aromatic N) is 4. The summed E-state index contributed by atoms with van der Waals surface area (Å²) in [7, 11) is 0. The molecule has 2 aromatic carbocycles. The molecule has 0 saturated carbocycles. The highest BCUT2D eigenvalue weighted by atomic mass is 79.9. The number of nitro groups is 1. The van der Waals surface area contributed by atoms with Crippen molar-refractivity contribution >= 4 is 38.7 Å². The second-order valence-corrected chi connectivity index (χ2v) is 10.1. The summed E-state index contributed by atoms with van der Waals surface area (Å²) in [6.45, 7) is 10.3. The lowest BCUT2D eigenvalue weighted by molar-refractivity contribution is -0.386. The van der Waals surface area contributed by atoms with Crippen LogP contribution in [-0.2, 0) is 0 Å². The van der Waals surface area contributed by atoms with E-state index in [1.165, 1.54) is 17.0 Å². The lowest BCUT2D eigenvalue weighted by Crippen LogP contribution is -2.23. The highest BCUT2D eigenvalue weighted by molar-refractivity contribution is 9.10. The van der Waals surface area contributed by atoms with E-state index < -0.39 is 4.92 Å². The number of rotatable bonds is 7. The third-order valence-electron chi connectivity index (χ3n) is 5.05. The molecule has 174 valence electrons. The Bertz CT molecular complexity index is 1280. The first kappa shape index (κ1) is 24.6. The summed E-state index contributed by atoms with van der Waals surface area (Å²) >= 11 is 3.39. The minimum atomic E-state index is -0.485. The molecular weight excluding hydrogens is 488 g/mol. The highest BCUT2D eigenvalue weighted by Gasteiger charge is 2.19. The fraction of sp³-hybridized carbons (Fsp3) is 0.375. The average Bonchev–Trinajstić information content (AvgIpc) is 2.76. The summed E-state index contributed by atoms with van der Waals surface area (Å²) in [5.41, 5.74) is 0.479. The number of fused-ring (bicyclic) bond motifs is 1. The Labute approximate surface area is 200 Å². The quantitative estimate of drug-likeness (QED) is 0.222. The van der Waals surface area contributed by atoms with Crippen molar-refractivity contribution in [2.24, 2.45) is 10.5 Å². The summed E-state index contributed by atoms with van der Waals surface area (Å²) in [4.78, 5) is 29.0. The fourth-order valence-corrected chi connectivity index (χ4v) is 3.44. The number of hydrogen-bond acceptors (Lipinski definition) is 6. The van der Waals surface area contributed by atoms with Gasteiger partial charge in [0, 0.05) is 22.0 Å². The number of nitro benzene ring substituents is 1. The van der Waals surface area contributed by atoms with Gasteiger partial charge < -0.3 is 4.74 Å². The number of halogens is 1. The predicted molar refractivity (Wildman–Crippen MR) is 133 cm³/mol. The second kappa shape index (κ2) is 9.82. The number of benzene rings is 2. The van der Waals surface area contributed by atoms with Crippen LogP contribution in [0.5, 0.6) is 5.75 Å². The minimum Gasteiger partial charge on any atom is -0.486 e. The molecule has 0 aliphatic heterocycles. The van der Waals surface area contributed by atoms with Crippen LogP contribution >= 0.6 is 15.9 Å². The molecule has 1 atom stereocenters. The molecule has 0 fully saturated rings. The van der Waals surface area contributed by atoms with Crippen molar-refractivity contribution in [3.63, 3.8) is 0 Å². The molecule has 1 aromatic heterocycles. The third-order valence-corrected chi connectivity index (χ3v) is 5.54. The summed E-state index contributed by atoms with van der Waals surface area (Å²) in [5, 5.41) is 16.4. The lowest BCUT2D eigenvalue weighted by atomic mass is 9.99. The SMILES string of the molecule is CC[C@H](C)c1nc2ccc(Br)cc2c(=O)n1N=Cc1ccc(OCC(C)(C)C)c([N+](=O)[O-])c1. The van der Waals surface area contributed by atoms with E-state index in [0.717, 1.165) is 10.9 Å². The highest BCUT2D eigenvalue weighted by Crippen LogP contribution is 2.29. The normalized spacial score (nSPS) is 12.9. The summed E-state index contributed by atoms with van der Waals surface area (Å²) in [6, 6.07) is 9.96. The molecule has 0 radical (unpaired) electrons. The molecule has 1 heterocycles. The molecule has 0 unspecified atom stereocenters. The van der Waals surface area contributed by atoms with Gasteiger partial charge in [-0.2, -0.15) is 9.78 Å². The number of aromatic nitrogens is 2. The molecule has 0 amide bonds. The maximum Gasteiger partial charge on any atom is 0.311 e. The molecule has 0 aliphatic rings. The molecule has 3 aromatic rings. The van der Waals surface area contributed by atoms with E-state index in [-0.39, 0.29) is 28.3 Å². The van der Waals surface area contributed by atoms with E-state index in [0.29, 0.717) is 28.9 Å². The van der Waals surface area contributed by atoms with Crippen molar-refractivity contribution in [3.05, 3.63) is 72.7 Å². The van der Waals surface area contributed by atoms with Gasteiger partial charge in [-0.1, -0.05) is 50.5 Å². The fourth-order valence-electron chi connectivity index (χ4n) is 3.08. The molecule has 3 rings (SSSR count). The molecule has 0 aliphatic carbocycles. The molecule has 0 spiro atoms. The zero-order chi connectivity index (χ0) is 24.3. The summed E-state index contributed by atoms with van der Waals surface area (Å²) < 4.78 is 7.71. The molecule has 0 bridgehead atoms. The van der Waals surface area contributed by atoms with Gasteiger partial charge in [0.1, 0.15) is 5.82 Å². The molecule has 0 saturated heterocycles. The van der Waals surface area contributed by atoms with Crippen molar-refractivity contribution in [1.82, 2.24) is 9.66 Å². The van der Waals surface area contributed by atoms with Gasteiger partial charge in [0.15, 0.2) is 5.75 Å². The third kappa shape index (κ3) is 5.84. The zero-order valence-electron chi connectivity index (χ0n) is 19.3. The van der Waals surface area contributed by atoms with E-state index in [1.54, 1.807) is 24.3 Å². The van der Waals surface area contributed by atoms with Gasteiger partial charge in [0.05, 0.1) is 28.6 Å². The van der Waals surface area contributed by atoms with Gasteiger partial charge in [-0.05, 0) is 42.2 Å². The van der Waals surface area contributed by atoms with Gasteiger partial charge in [0.2, 0.25) is 0 Å². The molecule has 9 heteroatoms. The van der Waals surface area contributed by atoms with Crippen LogP contribution in [0.4, 0.5) is 5.69 Å². The first-order valence-electron chi connectivity index (χ1n) is 10.7. The Kier molecular flexibility index (Phi) is 7.31. The largest absolute Gasteiger partial charge is 0.486 e. The molecule has 8 nitrogen and oxygen atoms in total. The Morgan fingerprint density at radius 1 is 1.27 bits per heavy atom. The Balaban J connectivity index is 2.06. The van der Waals surface area contributed by atoms with Crippen LogP contribution in [0.25, 0.3) is 10.9 Å². The van der Waals surface area contributed by atoms with Crippen molar-refractivity contribution in [2.45, 2.75) is 47.0 Å². The van der Waals surface area contributed by atoms with Crippen molar-refractivity contribution in [1.29, 1.82) is 0 Å². The molecule has 0 N–H and O–H groups in total. The average molecular weight is 515 g/mol. The second-order valence-electron chi connectivity index (χ2n) is 9.14. The van der Waals surface area contributed by atoms with E-state index >= 15 is 0 Å². The monoisotopic (exact) mass is 514 g/mol. The van der Waals surface area contributed by atoms with E-state index in [1.807, 2.05) is 40.7 Å². The smallest absolute Gasteiger partial charge is 0.311 e. The summed E-state index contributed by atoms with van der Waals surface area (Å²) in [5.74, 6) is 0.723. The Morgan fingerprint density at radius 3 is 2.64 bits per heavy atom. The molecule has 33 heavy (non-hydrogen) atoms.